The minimum atomic E-state index is -3.02. The Morgan fingerprint density at radius 2 is 2.05 bits per heavy atom. The summed E-state index contributed by atoms with van der Waals surface area (Å²) >= 11 is 0. The molecular formula is C14H19N3O3S. The highest BCUT2D eigenvalue weighted by atomic mass is 32.2. The molecule has 0 aliphatic carbocycles. The first kappa shape index (κ1) is 14.2. The van der Waals surface area contributed by atoms with Crippen LogP contribution in [0.2, 0.25) is 0 Å². The standard InChI is InChI=1S/C14H19N3O3S/c18-14(17-10-3-2-8-21(19,20)9-10)11-4-1-5-12-13(11)16-7-6-15-12/h1,4-5,10,15-16H,2-3,6-9H2,(H,17,18). The average Bonchev–Trinajstić information content (AvgIpc) is 2.45. The van der Waals surface area contributed by atoms with Crippen LogP contribution in [0.3, 0.4) is 0 Å². The van der Waals surface area contributed by atoms with Gasteiger partial charge in [0.15, 0.2) is 9.84 Å². The van der Waals surface area contributed by atoms with E-state index in [1.807, 2.05) is 12.1 Å². The summed E-state index contributed by atoms with van der Waals surface area (Å²) in [4.78, 5) is 12.4. The maximum atomic E-state index is 12.4. The maximum Gasteiger partial charge on any atom is 0.253 e. The number of anilines is 2. The minimum Gasteiger partial charge on any atom is -0.382 e. The fourth-order valence-electron chi connectivity index (χ4n) is 2.86. The molecule has 114 valence electrons. The summed E-state index contributed by atoms with van der Waals surface area (Å²) in [5.41, 5.74) is 2.26. The van der Waals surface area contributed by atoms with Crippen LogP contribution < -0.4 is 16.0 Å². The van der Waals surface area contributed by atoms with Crippen molar-refractivity contribution < 1.29 is 13.2 Å². The number of rotatable bonds is 2. The Balaban J connectivity index is 1.77. The van der Waals surface area contributed by atoms with Gasteiger partial charge in [-0.15, -0.1) is 0 Å². The second-order valence-corrected chi connectivity index (χ2v) is 7.74. The van der Waals surface area contributed by atoms with Crippen LogP contribution in [-0.2, 0) is 9.84 Å². The first-order valence-corrected chi connectivity index (χ1v) is 8.99. The van der Waals surface area contributed by atoms with Gasteiger partial charge < -0.3 is 16.0 Å². The molecular weight excluding hydrogens is 290 g/mol. The van der Waals surface area contributed by atoms with E-state index < -0.39 is 9.84 Å². The van der Waals surface area contributed by atoms with E-state index in [1.54, 1.807) is 6.07 Å². The number of carbonyl (C=O) groups excluding carboxylic acids is 1. The Hall–Kier alpha value is -1.76. The molecule has 7 heteroatoms. The van der Waals surface area contributed by atoms with E-state index in [1.165, 1.54) is 0 Å². The Kier molecular flexibility index (Phi) is 3.75. The lowest BCUT2D eigenvalue weighted by Crippen LogP contribution is -2.43. The van der Waals surface area contributed by atoms with Gasteiger partial charge in [-0.05, 0) is 25.0 Å². The lowest BCUT2D eigenvalue weighted by molar-refractivity contribution is 0.0939. The Morgan fingerprint density at radius 3 is 2.86 bits per heavy atom. The van der Waals surface area contributed by atoms with E-state index in [-0.39, 0.29) is 23.5 Å². The summed E-state index contributed by atoms with van der Waals surface area (Å²) in [5.74, 6) is 0.0514. The molecule has 0 spiro atoms. The Bertz CT molecular complexity index is 657. The number of sulfone groups is 1. The Labute approximate surface area is 124 Å². The van der Waals surface area contributed by atoms with Gasteiger partial charge in [0, 0.05) is 19.1 Å². The van der Waals surface area contributed by atoms with Crippen molar-refractivity contribution in [3.05, 3.63) is 23.8 Å². The summed E-state index contributed by atoms with van der Waals surface area (Å²) in [6.07, 6.45) is 1.33. The highest BCUT2D eigenvalue weighted by molar-refractivity contribution is 7.91. The fraction of sp³-hybridized carbons (Fsp3) is 0.500. The zero-order chi connectivity index (χ0) is 14.9. The zero-order valence-electron chi connectivity index (χ0n) is 11.7. The van der Waals surface area contributed by atoms with Gasteiger partial charge in [-0.25, -0.2) is 8.42 Å². The number of benzene rings is 1. The van der Waals surface area contributed by atoms with Gasteiger partial charge in [-0.2, -0.15) is 0 Å². The third-order valence-electron chi connectivity index (χ3n) is 3.85. The summed E-state index contributed by atoms with van der Waals surface area (Å²) in [6, 6.07) is 5.21. The molecule has 1 aromatic carbocycles. The largest absolute Gasteiger partial charge is 0.382 e. The van der Waals surface area contributed by atoms with Crippen molar-refractivity contribution in [2.24, 2.45) is 0 Å². The smallest absolute Gasteiger partial charge is 0.253 e. The summed E-state index contributed by atoms with van der Waals surface area (Å²) < 4.78 is 23.3. The van der Waals surface area contributed by atoms with Crippen LogP contribution >= 0.6 is 0 Å². The van der Waals surface area contributed by atoms with Crippen molar-refractivity contribution >= 4 is 27.1 Å². The first-order chi connectivity index (χ1) is 10.1. The van der Waals surface area contributed by atoms with Crippen LogP contribution in [0.25, 0.3) is 0 Å². The number of carbonyl (C=O) groups is 1. The van der Waals surface area contributed by atoms with Gasteiger partial charge in [0.1, 0.15) is 0 Å². The van der Waals surface area contributed by atoms with Crippen molar-refractivity contribution in [2.75, 3.05) is 35.2 Å². The van der Waals surface area contributed by atoms with Crippen molar-refractivity contribution in [1.29, 1.82) is 0 Å². The van der Waals surface area contributed by atoms with Gasteiger partial charge in [0.25, 0.3) is 5.91 Å². The molecule has 1 amide bonds. The Morgan fingerprint density at radius 1 is 1.24 bits per heavy atom. The molecule has 1 aromatic rings. The van der Waals surface area contributed by atoms with Gasteiger partial charge >= 0.3 is 0 Å². The molecule has 2 heterocycles. The number of fused-ring (bicyclic) bond motifs is 1. The summed E-state index contributed by atoms with van der Waals surface area (Å²) in [5, 5.41) is 9.32. The van der Waals surface area contributed by atoms with Crippen LogP contribution in [0, 0.1) is 0 Å². The second kappa shape index (κ2) is 5.55. The van der Waals surface area contributed by atoms with Gasteiger partial charge in [-0.3, -0.25) is 4.79 Å². The van der Waals surface area contributed by atoms with Crippen LogP contribution in [0.5, 0.6) is 0 Å². The molecule has 1 atom stereocenters. The third kappa shape index (κ3) is 3.12. The van der Waals surface area contributed by atoms with Gasteiger partial charge in [-0.1, -0.05) is 6.07 Å². The van der Waals surface area contributed by atoms with Crippen molar-refractivity contribution in [3.63, 3.8) is 0 Å². The molecule has 2 aliphatic heterocycles. The first-order valence-electron chi connectivity index (χ1n) is 7.17. The van der Waals surface area contributed by atoms with Crippen LogP contribution in [-0.4, -0.2) is 45.0 Å². The monoisotopic (exact) mass is 309 g/mol. The summed E-state index contributed by atoms with van der Waals surface area (Å²) in [6.45, 7) is 1.58. The molecule has 1 saturated heterocycles. The maximum absolute atomic E-state index is 12.4. The third-order valence-corrected chi connectivity index (χ3v) is 5.67. The molecule has 0 aromatic heterocycles. The molecule has 3 rings (SSSR count). The van der Waals surface area contributed by atoms with Crippen molar-refractivity contribution in [2.45, 2.75) is 18.9 Å². The van der Waals surface area contributed by atoms with E-state index in [4.69, 9.17) is 0 Å². The molecule has 0 bridgehead atoms. The highest BCUT2D eigenvalue weighted by Gasteiger charge is 2.27. The average molecular weight is 309 g/mol. The van der Waals surface area contributed by atoms with E-state index in [9.17, 15) is 13.2 Å². The molecule has 1 fully saturated rings. The fourth-order valence-corrected chi connectivity index (χ4v) is 4.50. The summed E-state index contributed by atoms with van der Waals surface area (Å²) in [7, 11) is -3.02. The van der Waals surface area contributed by atoms with Crippen molar-refractivity contribution in [1.82, 2.24) is 5.32 Å². The number of hydrogen-bond donors (Lipinski definition) is 3. The quantitative estimate of drug-likeness (QED) is 0.753. The number of para-hydroxylation sites is 1. The molecule has 1 unspecified atom stereocenters. The lowest BCUT2D eigenvalue weighted by atomic mass is 10.1. The predicted molar refractivity (Wildman–Crippen MR) is 82.6 cm³/mol. The predicted octanol–water partition coefficient (Wildman–Crippen LogP) is 0.831. The highest BCUT2D eigenvalue weighted by Crippen LogP contribution is 2.28. The van der Waals surface area contributed by atoms with Gasteiger partial charge in [0.05, 0.1) is 28.4 Å². The minimum absolute atomic E-state index is 0.0411. The normalized spacial score (nSPS) is 23.3. The van der Waals surface area contributed by atoms with Crippen LogP contribution in [0.15, 0.2) is 18.2 Å². The van der Waals surface area contributed by atoms with E-state index in [2.05, 4.69) is 16.0 Å². The van der Waals surface area contributed by atoms with Gasteiger partial charge in [0.2, 0.25) is 0 Å². The molecule has 0 radical (unpaired) electrons. The second-order valence-electron chi connectivity index (χ2n) is 5.51. The SMILES string of the molecule is O=C(NC1CCCS(=O)(=O)C1)c1cccc2c1NCCN2. The van der Waals surface area contributed by atoms with E-state index in [0.717, 1.165) is 24.5 Å². The molecule has 3 N–H and O–H groups in total. The van der Waals surface area contributed by atoms with Crippen LogP contribution in [0.4, 0.5) is 11.4 Å². The zero-order valence-corrected chi connectivity index (χ0v) is 12.5. The van der Waals surface area contributed by atoms with Crippen molar-refractivity contribution in [3.8, 4) is 0 Å². The van der Waals surface area contributed by atoms with E-state index in [0.29, 0.717) is 18.4 Å². The topological polar surface area (TPSA) is 87.3 Å². The molecule has 21 heavy (non-hydrogen) atoms. The van der Waals surface area contributed by atoms with Crippen LogP contribution in [0.1, 0.15) is 23.2 Å². The lowest BCUT2D eigenvalue weighted by Gasteiger charge is -2.25. The molecule has 0 saturated carbocycles. The van der Waals surface area contributed by atoms with E-state index >= 15 is 0 Å². The number of amides is 1. The number of nitrogens with one attached hydrogen (secondary N) is 3. The molecule has 6 nitrogen and oxygen atoms in total. The number of hydrogen-bond acceptors (Lipinski definition) is 5. The molecule has 2 aliphatic rings.